The van der Waals surface area contributed by atoms with Gasteiger partial charge in [0, 0.05) is 5.92 Å². The van der Waals surface area contributed by atoms with Crippen LogP contribution in [0.2, 0.25) is 0 Å². The van der Waals surface area contributed by atoms with Crippen LogP contribution in [0.15, 0.2) is 0 Å². The lowest BCUT2D eigenvalue weighted by Crippen LogP contribution is -2.35. The van der Waals surface area contributed by atoms with E-state index in [-0.39, 0.29) is 5.92 Å². The summed E-state index contributed by atoms with van der Waals surface area (Å²) in [5.74, 6) is 0.135. The zero-order valence-electron chi connectivity index (χ0n) is 10.8. The molecule has 1 heterocycles. The Bertz CT molecular complexity index is 383. The van der Waals surface area contributed by atoms with Crippen molar-refractivity contribution in [2.24, 2.45) is 5.41 Å². The minimum absolute atomic E-state index is 0.185. The van der Waals surface area contributed by atoms with Crippen LogP contribution >= 0.6 is 0 Å². The van der Waals surface area contributed by atoms with E-state index in [1.165, 1.54) is 0 Å². The third-order valence-corrected chi connectivity index (χ3v) is 3.34. The minimum Gasteiger partial charge on any atom is -0.481 e. The first kappa shape index (κ1) is 13.6. The third kappa shape index (κ3) is 2.62. The highest BCUT2D eigenvalue weighted by atomic mass is 16.4. The van der Waals surface area contributed by atoms with Crippen LogP contribution in [0, 0.1) is 5.41 Å². The van der Waals surface area contributed by atoms with E-state index in [0.29, 0.717) is 19.4 Å². The molecule has 1 rings (SSSR count). The van der Waals surface area contributed by atoms with Gasteiger partial charge in [0.2, 0.25) is 0 Å². The number of rotatable bonds is 6. The first-order chi connectivity index (χ1) is 7.96. The monoisotopic (exact) mass is 240 g/mol. The van der Waals surface area contributed by atoms with Gasteiger partial charge in [-0.2, -0.15) is 0 Å². The lowest BCUT2D eigenvalue weighted by molar-refractivity contribution is -0.150. The normalized spacial score (nSPS) is 12.1. The zero-order valence-corrected chi connectivity index (χ0v) is 10.8. The highest BCUT2D eigenvalue weighted by Gasteiger charge is 2.36. The smallest absolute Gasteiger partial charge is 0.311 e. The van der Waals surface area contributed by atoms with E-state index in [2.05, 4.69) is 15.5 Å². The van der Waals surface area contributed by atoms with Gasteiger partial charge in [-0.3, -0.25) is 4.79 Å². The molecule has 0 saturated carbocycles. The molecule has 0 aliphatic rings. The van der Waals surface area contributed by atoms with Crippen LogP contribution in [0.3, 0.4) is 0 Å². The summed E-state index contributed by atoms with van der Waals surface area (Å²) in [6, 6.07) is 0. The molecule has 0 spiro atoms. The SMILES string of the molecule is CCC(CC)(Cn1nnnc1C(C)C)C(=O)O. The van der Waals surface area contributed by atoms with E-state index in [9.17, 15) is 9.90 Å². The van der Waals surface area contributed by atoms with E-state index in [1.54, 1.807) is 4.68 Å². The first-order valence-electron chi connectivity index (χ1n) is 5.96. The van der Waals surface area contributed by atoms with Crippen molar-refractivity contribution in [1.29, 1.82) is 0 Å². The van der Waals surface area contributed by atoms with Gasteiger partial charge in [0.15, 0.2) is 5.82 Å². The van der Waals surface area contributed by atoms with Gasteiger partial charge < -0.3 is 5.11 Å². The van der Waals surface area contributed by atoms with E-state index >= 15 is 0 Å². The second-order valence-electron chi connectivity index (χ2n) is 4.64. The van der Waals surface area contributed by atoms with E-state index in [4.69, 9.17) is 0 Å². The Morgan fingerprint density at radius 1 is 1.41 bits per heavy atom. The fourth-order valence-electron chi connectivity index (χ4n) is 1.87. The number of carboxylic acids is 1. The van der Waals surface area contributed by atoms with Crippen LogP contribution in [0.5, 0.6) is 0 Å². The highest BCUT2D eigenvalue weighted by Crippen LogP contribution is 2.29. The molecule has 1 N–H and O–H groups in total. The van der Waals surface area contributed by atoms with Gasteiger partial charge >= 0.3 is 5.97 Å². The Labute approximate surface area is 101 Å². The summed E-state index contributed by atoms with van der Waals surface area (Å²) in [7, 11) is 0. The molecule has 0 unspecified atom stereocenters. The summed E-state index contributed by atoms with van der Waals surface area (Å²) in [5.41, 5.74) is -0.779. The van der Waals surface area contributed by atoms with Crippen molar-refractivity contribution in [3.63, 3.8) is 0 Å². The third-order valence-electron chi connectivity index (χ3n) is 3.34. The Kier molecular flexibility index (Phi) is 4.20. The van der Waals surface area contributed by atoms with Crippen molar-refractivity contribution in [2.45, 2.75) is 53.0 Å². The van der Waals surface area contributed by atoms with Crippen molar-refractivity contribution < 1.29 is 9.90 Å². The van der Waals surface area contributed by atoms with Gasteiger partial charge in [0.05, 0.1) is 12.0 Å². The summed E-state index contributed by atoms with van der Waals surface area (Å²) >= 11 is 0. The Balaban J connectivity index is 3.02. The molecular formula is C11H20N4O2. The zero-order chi connectivity index (χ0) is 13.1. The van der Waals surface area contributed by atoms with Crippen LogP contribution in [0.4, 0.5) is 0 Å². The molecule has 0 saturated heterocycles. The largest absolute Gasteiger partial charge is 0.481 e. The molecular weight excluding hydrogens is 220 g/mol. The van der Waals surface area contributed by atoms with Crippen LogP contribution in [-0.4, -0.2) is 31.3 Å². The molecule has 6 nitrogen and oxygen atoms in total. The van der Waals surface area contributed by atoms with Crippen LogP contribution in [0.25, 0.3) is 0 Å². The fraction of sp³-hybridized carbons (Fsp3) is 0.818. The molecule has 0 fully saturated rings. The Morgan fingerprint density at radius 2 is 2.00 bits per heavy atom. The number of aliphatic carboxylic acids is 1. The van der Waals surface area contributed by atoms with Gasteiger partial charge in [-0.05, 0) is 23.3 Å². The molecule has 0 aliphatic carbocycles. The Morgan fingerprint density at radius 3 is 2.41 bits per heavy atom. The average Bonchev–Trinajstić information content (AvgIpc) is 2.73. The number of carboxylic acid groups (broad SMARTS) is 1. The molecule has 17 heavy (non-hydrogen) atoms. The maximum atomic E-state index is 11.4. The topological polar surface area (TPSA) is 80.9 Å². The second-order valence-corrected chi connectivity index (χ2v) is 4.64. The minimum atomic E-state index is -0.785. The van der Waals surface area contributed by atoms with Crippen molar-refractivity contribution in [3.8, 4) is 0 Å². The highest BCUT2D eigenvalue weighted by molar-refractivity contribution is 5.74. The van der Waals surface area contributed by atoms with Crippen LogP contribution in [0.1, 0.15) is 52.3 Å². The number of hydrogen-bond acceptors (Lipinski definition) is 4. The summed E-state index contributed by atoms with van der Waals surface area (Å²) in [5, 5.41) is 20.8. The predicted octanol–water partition coefficient (Wildman–Crippen LogP) is 1.69. The maximum absolute atomic E-state index is 11.4. The lowest BCUT2D eigenvalue weighted by Gasteiger charge is -2.26. The Hall–Kier alpha value is -1.46. The standard InChI is InChI=1S/C11H20N4O2/c1-5-11(6-2,10(16)17)7-15-9(8(3)4)12-13-14-15/h8H,5-7H2,1-4H3,(H,16,17). The van der Waals surface area contributed by atoms with Crippen molar-refractivity contribution in [1.82, 2.24) is 20.2 Å². The molecule has 0 aromatic carbocycles. The lowest BCUT2D eigenvalue weighted by atomic mass is 9.82. The molecule has 0 aliphatic heterocycles. The van der Waals surface area contributed by atoms with Gasteiger partial charge in [0.1, 0.15) is 0 Å². The molecule has 96 valence electrons. The van der Waals surface area contributed by atoms with E-state index in [0.717, 1.165) is 5.82 Å². The number of nitrogens with zero attached hydrogens (tertiary/aromatic N) is 4. The summed E-state index contributed by atoms with van der Waals surface area (Å²) in [6.45, 7) is 8.08. The number of hydrogen-bond donors (Lipinski definition) is 1. The van der Waals surface area contributed by atoms with Gasteiger partial charge in [-0.25, -0.2) is 4.68 Å². The van der Waals surface area contributed by atoms with Gasteiger partial charge in [-0.1, -0.05) is 27.7 Å². The predicted molar refractivity (Wildman–Crippen MR) is 62.6 cm³/mol. The maximum Gasteiger partial charge on any atom is 0.311 e. The fourth-order valence-corrected chi connectivity index (χ4v) is 1.87. The second kappa shape index (κ2) is 5.25. The van der Waals surface area contributed by atoms with Crippen molar-refractivity contribution in [3.05, 3.63) is 5.82 Å². The molecule has 6 heteroatoms. The quantitative estimate of drug-likeness (QED) is 0.818. The molecule has 0 radical (unpaired) electrons. The molecule has 1 aromatic heterocycles. The van der Waals surface area contributed by atoms with Crippen LogP contribution < -0.4 is 0 Å². The summed E-state index contributed by atoms with van der Waals surface area (Å²) < 4.78 is 1.62. The van der Waals surface area contributed by atoms with E-state index < -0.39 is 11.4 Å². The van der Waals surface area contributed by atoms with Crippen molar-refractivity contribution >= 4 is 5.97 Å². The average molecular weight is 240 g/mol. The first-order valence-corrected chi connectivity index (χ1v) is 5.96. The number of carbonyl (C=O) groups is 1. The van der Waals surface area contributed by atoms with Crippen molar-refractivity contribution in [2.75, 3.05) is 0 Å². The number of tetrazole rings is 1. The molecule has 0 atom stereocenters. The molecule has 0 bridgehead atoms. The summed E-state index contributed by atoms with van der Waals surface area (Å²) in [6.07, 6.45) is 1.13. The number of aromatic nitrogens is 4. The van der Waals surface area contributed by atoms with Crippen LogP contribution in [-0.2, 0) is 11.3 Å². The molecule has 0 amide bonds. The summed E-state index contributed by atoms with van der Waals surface area (Å²) in [4.78, 5) is 11.4. The van der Waals surface area contributed by atoms with E-state index in [1.807, 2.05) is 27.7 Å². The van der Waals surface area contributed by atoms with Gasteiger partial charge in [-0.15, -0.1) is 5.10 Å². The van der Waals surface area contributed by atoms with Gasteiger partial charge in [0.25, 0.3) is 0 Å². The molecule has 1 aromatic rings.